The second-order valence-electron chi connectivity index (χ2n) is 4.40. The molecule has 1 aromatic heterocycles. The van der Waals surface area contributed by atoms with Crippen molar-refractivity contribution in [2.45, 2.75) is 13.0 Å². The molecule has 0 aliphatic rings. The molecule has 0 aliphatic heterocycles. The van der Waals surface area contributed by atoms with Gasteiger partial charge < -0.3 is 4.74 Å². The summed E-state index contributed by atoms with van der Waals surface area (Å²) in [7, 11) is 1.37. The van der Waals surface area contributed by atoms with E-state index in [-0.39, 0.29) is 44.3 Å². The summed E-state index contributed by atoms with van der Waals surface area (Å²) in [6, 6.07) is 2.33. The van der Waals surface area contributed by atoms with Crippen LogP contribution in [-0.2, 0) is 13.5 Å². The molecule has 0 fully saturated rings. The fourth-order valence-corrected chi connectivity index (χ4v) is 2.59. The first-order valence-corrected chi connectivity index (χ1v) is 7.12. The number of rotatable bonds is 5. The SMILES string of the molecule is Cn1nc(Cc2cc([N+](=O)[O-])cc(Cl)c2Cl)c(Cl)c1OC(F)F. The number of nitro groups is 1. The van der Waals surface area contributed by atoms with Crippen LogP contribution in [0.25, 0.3) is 0 Å². The van der Waals surface area contributed by atoms with Crippen molar-refractivity contribution in [3.8, 4) is 5.88 Å². The Kier molecular flexibility index (Phi) is 5.28. The molecule has 0 atom stereocenters. The molecule has 0 unspecified atom stereocenters. The van der Waals surface area contributed by atoms with Crippen LogP contribution in [0.5, 0.6) is 5.88 Å². The van der Waals surface area contributed by atoms with Crippen molar-refractivity contribution < 1.29 is 18.4 Å². The zero-order chi connectivity index (χ0) is 17.3. The molecule has 0 saturated heterocycles. The van der Waals surface area contributed by atoms with Gasteiger partial charge in [-0.25, -0.2) is 4.68 Å². The van der Waals surface area contributed by atoms with Crippen LogP contribution in [0, 0.1) is 10.1 Å². The average Bonchev–Trinajstić information content (AvgIpc) is 2.70. The molecule has 124 valence electrons. The predicted octanol–water partition coefficient (Wildman–Crippen LogP) is 4.48. The average molecular weight is 387 g/mol. The molecule has 0 N–H and O–H groups in total. The molecule has 1 aromatic carbocycles. The van der Waals surface area contributed by atoms with Crippen molar-refractivity contribution in [1.29, 1.82) is 0 Å². The predicted molar refractivity (Wildman–Crippen MR) is 80.8 cm³/mol. The summed E-state index contributed by atoms with van der Waals surface area (Å²) >= 11 is 17.8. The second-order valence-corrected chi connectivity index (χ2v) is 5.57. The number of alkyl halides is 2. The summed E-state index contributed by atoms with van der Waals surface area (Å²) in [6.45, 7) is -3.06. The lowest BCUT2D eigenvalue weighted by Crippen LogP contribution is -2.06. The van der Waals surface area contributed by atoms with E-state index in [1.165, 1.54) is 13.1 Å². The highest BCUT2D eigenvalue weighted by molar-refractivity contribution is 6.42. The molecular weight excluding hydrogens is 379 g/mol. The number of nitro benzene ring substituents is 1. The quantitative estimate of drug-likeness (QED) is 0.561. The molecule has 1 heterocycles. The van der Waals surface area contributed by atoms with Gasteiger partial charge >= 0.3 is 6.61 Å². The largest absolute Gasteiger partial charge is 0.416 e. The van der Waals surface area contributed by atoms with Gasteiger partial charge in [0.25, 0.3) is 5.69 Å². The van der Waals surface area contributed by atoms with Crippen LogP contribution in [0.1, 0.15) is 11.3 Å². The number of halogens is 5. The number of hydrogen-bond donors (Lipinski definition) is 0. The van der Waals surface area contributed by atoms with Crippen molar-refractivity contribution in [2.24, 2.45) is 7.05 Å². The first-order chi connectivity index (χ1) is 10.7. The van der Waals surface area contributed by atoms with E-state index < -0.39 is 11.5 Å². The molecule has 11 heteroatoms. The lowest BCUT2D eigenvalue weighted by Gasteiger charge is -2.05. The van der Waals surface area contributed by atoms with Crippen molar-refractivity contribution in [3.05, 3.63) is 48.6 Å². The van der Waals surface area contributed by atoms with E-state index in [1.54, 1.807) is 0 Å². The highest BCUT2D eigenvalue weighted by Gasteiger charge is 2.22. The van der Waals surface area contributed by atoms with Gasteiger partial charge in [-0.1, -0.05) is 34.8 Å². The van der Waals surface area contributed by atoms with Gasteiger partial charge in [0.05, 0.1) is 20.7 Å². The Morgan fingerprint density at radius 2 is 2.00 bits per heavy atom. The third-order valence-corrected chi connectivity index (χ3v) is 4.08. The molecular formula is C12H8Cl3F2N3O3. The fraction of sp³-hybridized carbons (Fsp3) is 0.250. The van der Waals surface area contributed by atoms with Crippen LogP contribution in [-0.4, -0.2) is 21.3 Å². The zero-order valence-corrected chi connectivity index (χ0v) is 13.7. The Morgan fingerprint density at radius 3 is 2.57 bits per heavy atom. The number of non-ortho nitro benzene ring substituents is 1. The van der Waals surface area contributed by atoms with Crippen molar-refractivity contribution >= 4 is 40.5 Å². The van der Waals surface area contributed by atoms with E-state index in [4.69, 9.17) is 34.8 Å². The van der Waals surface area contributed by atoms with Gasteiger partial charge in [0, 0.05) is 25.6 Å². The molecule has 6 nitrogen and oxygen atoms in total. The summed E-state index contributed by atoms with van der Waals surface area (Å²) < 4.78 is 30.0. The lowest BCUT2D eigenvalue weighted by molar-refractivity contribution is -0.384. The molecule has 0 saturated carbocycles. The maximum Gasteiger partial charge on any atom is 0.388 e. The third-order valence-electron chi connectivity index (χ3n) is 2.86. The van der Waals surface area contributed by atoms with Gasteiger partial charge in [-0.15, -0.1) is 0 Å². The van der Waals surface area contributed by atoms with Gasteiger partial charge in [0.1, 0.15) is 5.02 Å². The Bertz CT molecular complexity index is 768. The van der Waals surface area contributed by atoms with E-state index >= 15 is 0 Å². The minimum Gasteiger partial charge on any atom is -0.416 e. The Balaban J connectivity index is 2.42. The molecule has 0 amide bonds. The van der Waals surface area contributed by atoms with E-state index in [1.807, 2.05) is 0 Å². The monoisotopic (exact) mass is 385 g/mol. The summed E-state index contributed by atoms with van der Waals surface area (Å²) in [5.41, 5.74) is 0.197. The number of nitrogens with zero attached hydrogens (tertiary/aromatic N) is 3. The van der Waals surface area contributed by atoms with Crippen LogP contribution in [0.15, 0.2) is 12.1 Å². The van der Waals surface area contributed by atoms with Crippen LogP contribution >= 0.6 is 34.8 Å². The van der Waals surface area contributed by atoms with Crippen LogP contribution in [0.4, 0.5) is 14.5 Å². The van der Waals surface area contributed by atoms with Gasteiger partial charge in [-0.3, -0.25) is 10.1 Å². The highest BCUT2D eigenvalue weighted by atomic mass is 35.5. The second kappa shape index (κ2) is 6.86. The van der Waals surface area contributed by atoms with Crippen LogP contribution in [0.2, 0.25) is 15.1 Å². The Morgan fingerprint density at radius 1 is 1.35 bits per heavy atom. The first-order valence-electron chi connectivity index (χ1n) is 5.99. The topological polar surface area (TPSA) is 70.2 Å². The minimum absolute atomic E-state index is 0.00743. The summed E-state index contributed by atoms with van der Waals surface area (Å²) in [5.74, 6) is -0.315. The van der Waals surface area contributed by atoms with E-state index in [0.717, 1.165) is 10.7 Å². The maximum absolute atomic E-state index is 12.3. The van der Waals surface area contributed by atoms with Crippen molar-refractivity contribution in [2.75, 3.05) is 0 Å². The highest BCUT2D eigenvalue weighted by Crippen LogP contribution is 2.35. The van der Waals surface area contributed by atoms with Crippen LogP contribution < -0.4 is 4.74 Å². The van der Waals surface area contributed by atoms with E-state index in [2.05, 4.69) is 9.84 Å². The molecule has 2 rings (SSSR count). The maximum atomic E-state index is 12.3. The van der Waals surface area contributed by atoms with Gasteiger partial charge in [0.2, 0.25) is 5.88 Å². The summed E-state index contributed by atoms with van der Waals surface area (Å²) in [4.78, 5) is 10.2. The van der Waals surface area contributed by atoms with Crippen molar-refractivity contribution in [3.63, 3.8) is 0 Å². The number of benzene rings is 1. The Hall–Kier alpha value is -1.64. The number of ether oxygens (including phenoxy) is 1. The summed E-state index contributed by atoms with van der Waals surface area (Å²) in [5, 5.41) is 14.8. The van der Waals surface area contributed by atoms with E-state index in [0.29, 0.717) is 0 Å². The molecule has 0 spiro atoms. The standard InChI is InChI=1S/C12H8Cl3F2N3O3/c1-19-11(23-12(16)17)10(15)8(18-19)3-5-2-6(20(21)22)4-7(13)9(5)14/h2,4,12H,3H2,1H3. The fourth-order valence-electron chi connectivity index (χ4n) is 1.91. The van der Waals surface area contributed by atoms with Gasteiger partial charge in [-0.2, -0.15) is 13.9 Å². The number of hydrogen-bond acceptors (Lipinski definition) is 4. The smallest absolute Gasteiger partial charge is 0.388 e. The Labute approximate surface area is 143 Å². The normalized spacial score (nSPS) is 11.1. The first kappa shape index (κ1) is 17.7. The molecule has 2 aromatic rings. The zero-order valence-electron chi connectivity index (χ0n) is 11.4. The molecule has 0 aliphatic carbocycles. The third kappa shape index (κ3) is 3.82. The van der Waals surface area contributed by atoms with Gasteiger partial charge in [-0.05, 0) is 5.56 Å². The van der Waals surface area contributed by atoms with Gasteiger partial charge in [0.15, 0.2) is 0 Å². The number of aryl methyl sites for hydroxylation is 1. The van der Waals surface area contributed by atoms with Crippen molar-refractivity contribution in [1.82, 2.24) is 9.78 Å². The number of aromatic nitrogens is 2. The molecule has 0 bridgehead atoms. The lowest BCUT2D eigenvalue weighted by atomic mass is 10.1. The molecule has 23 heavy (non-hydrogen) atoms. The van der Waals surface area contributed by atoms with Crippen LogP contribution in [0.3, 0.4) is 0 Å². The summed E-state index contributed by atoms with van der Waals surface area (Å²) in [6.07, 6.45) is -0.0422. The minimum atomic E-state index is -3.06. The van der Waals surface area contributed by atoms with E-state index in [9.17, 15) is 18.9 Å². The molecule has 0 radical (unpaired) electrons.